The van der Waals surface area contributed by atoms with Crippen LogP contribution in [-0.2, 0) is 9.59 Å². The van der Waals surface area contributed by atoms with Gasteiger partial charge in [-0.15, -0.1) is 0 Å². The van der Waals surface area contributed by atoms with Crippen LogP contribution in [0, 0.1) is 11.8 Å². The van der Waals surface area contributed by atoms with E-state index >= 15 is 0 Å². The predicted octanol–water partition coefficient (Wildman–Crippen LogP) is 3.30. The summed E-state index contributed by atoms with van der Waals surface area (Å²) in [5, 5.41) is 0.498. The Labute approximate surface area is 218 Å². The minimum Gasteiger partial charge on any atom is -0.293 e. The zero-order valence-electron chi connectivity index (χ0n) is 19.6. The Morgan fingerprint density at radius 3 is 2.05 bits per heavy atom. The molecule has 0 aliphatic carbocycles. The monoisotopic (exact) mass is 509 g/mol. The van der Waals surface area contributed by atoms with Gasteiger partial charge in [0, 0.05) is 27.8 Å². The molecule has 6 rings (SSSR count). The molecule has 3 aromatic rings. The molecule has 5 atom stereocenters. The van der Waals surface area contributed by atoms with Crippen molar-refractivity contribution in [3.8, 4) is 0 Å². The van der Waals surface area contributed by atoms with E-state index in [1.807, 2.05) is 12.1 Å². The molecule has 0 saturated carbocycles. The van der Waals surface area contributed by atoms with Crippen LogP contribution in [0.3, 0.4) is 0 Å². The summed E-state index contributed by atoms with van der Waals surface area (Å²) < 4.78 is 0. The molecule has 3 aromatic carbocycles. The van der Waals surface area contributed by atoms with Crippen LogP contribution in [-0.4, -0.2) is 35.5 Å². The van der Waals surface area contributed by atoms with Gasteiger partial charge in [0.05, 0.1) is 11.9 Å². The summed E-state index contributed by atoms with van der Waals surface area (Å²) in [6.45, 7) is 0. The van der Waals surface area contributed by atoms with Crippen molar-refractivity contribution in [1.29, 1.82) is 0 Å². The highest BCUT2D eigenvalue weighted by Crippen LogP contribution is 2.39. The number of allylic oxidation sites excluding steroid dienone is 2. The number of carbonyl (C=O) groups excluding carboxylic acids is 4. The molecular formula is C30H22ClN2O4+. The third-order valence-corrected chi connectivity index (χ3v) is 7.68. The summed E-state index contributed by atoms with van der Waals surface area (Å²) in [7, 11) is 0. The molecule has 7 heteroatoms. The van der Waals surface area contributed by atoms with Crippen molar-refractivity contribution in [2.75, 3.05) is 4.90 Å². The van der Waals surface area contributed by atoms with Crippen molar-refractivity contribution < 1.29 is 24.1 Å². The number of nitrogens with zero attached hydrogens (tertiary/aromatic N) is 1. The summed E-state index contributed by atoms with van der Waals surface area (Å²) in [6, 6.07) is 22.8. The van der Waals surface area contributed by atoms with Crippen LogP contribution >= 0.6 is 11.6 Å². The molecule has 37 heavy (non-hydrogen) atoms. The SMILES string of the molecule is O=C(C1=C[C@H]2[C@@H]3C(=O)N(c4ccccc4)C(=O)[C@@H]3[C@H](C(=O)c3ccc(Cl)cc3)[NH+]2C=C1)c1ccccc1. The van der Waals surface area contributed by atoms with Gasteiger partial charge in [0.1, 0.15) is 17.9 Å². The van der Waals surface area contributed by atoms with Crippen molar-refractivity contribution >= 4 is 40.7 Å². The van der Waals surface area contributed by atoms with Gasteiger partial charge >= 0.3 is 0 Å². The van der Waals surface area contributed by atoms with Crippen LogP contribution in [0.15, 0.2) is 109 Å². The number of ketones is 2. The summed E-state index contributed by atoms with van der Waals surface area (Å²) in [4.78, 5) is 56.5. The predicted molar refractivity (Wildman–Crippen MR) is 138 cm³/mol. The fourth-order valence-electron chi connectivity index (χ4n) is 5.76. The van der Waals surface area contributed by atoms with Gasteiger partial charge in [-0.2, -0.15) is 0 Å². The van der Waals surface area contributed by atoms with Crippen molar-refractivity contribution in [3.05, 3.63) is 125 Å². The van der Waals surface area contributed by atoms with E-state index in [-0.39, 0.29) is 17.5 Å². The summed E-state index contributed by atoms with van der Waals surface area (Å²) in [6.07, 6.45) is 5.20. The van der Waals surface area contributed by atoms with E-state index in [1.54, 1.807) is 91.1 Å². The van der Waals surface area contributed by atoms with E-state index in [0.29, 0.717) is 32.3 Å². The molecule has 3 aliphatic rings. The normalized spacial score (nSPS) is 26.0. The Kier molecular flexibility index (Phi) is 5.71. The smallest absolute Gasteiger partial charge is 0.244 e. The molecule has 2 fully saturated rings. The highest BCUT2D eigenvalue weighted by molar-refractivity contribution is 6.30. The molecule has 0 spiro atoms. The second-order valence-electron chi connectivity index (χ2n) is 9.42. The number of halogens is 1. The molecule has 2 saturated heterocycles. The van der Waals surface area contributed by atoms with Crippen molar-refractivity contribution in [2.45, 2.75) is 12.1 Å². The molecule has 0 radical (unpaired) electrons. The first-order chi connectivity index (χ1) is 18.0. The van der Waals surface area contributed by atoms with Crippen LogP contribution in [0.25, 0.3) is 0 Å². The van der Waals surface area contributed by atoms with Crippen LogP contribution in [0.5, 0.6) is 0 Å². The van der Waals surface area contributed by atoms with Gasteiger partial charge in [0.2, 0.25) is 17.6 Å². The van der Waals surface area contributed by atoms with Crippen molar-refractivity contribution in [3.63, 3.8) is 0 Å². The minimum absolute atomic E-state index is 0.170. The van der Waals surface area contributed by atoms with E-state index < -0.39 is 29.8 Å². The van der Waals surface area contributed by atoms with Gasteiger partial charge in [-0.3, -0.25) is 24.1 Å². The van der Waals surface area contributed by atoms with E-state index in [9.17, 15) is 19.2 Å². The van der Waals surface area contributed by atoms with Crippen LogP contribution < -0.4 is 9.80 Å². The maximum absolute atomic E-state index is 13.8. The molecule has 0 bridgehead atoms. The molecule has 1 N–H and O–H groups in total. The number of carbonyl (C=O) groups is 4. The molecule has 182 valence electrons. The Hall–Kier alpha value is -4.13. The second-order valence-corrected chi connectivity index (χ2v) is 9.86. The second kappa shape index (κ2) is 9.07. The maximum atomic E-state index is 13.8. The number of rotatable bonds is 5. The number of hydrogen-bond donors (Lipinski definition) is 1. The number of amides is 2. The largest absolute Gasteiger partial charge is 0.293 e. The molecule has 3 aliphatic heterocycles. The topological polar surface area (TPSA) is 76.0 Å². The molecular weight excluding hydrogens is 488 g/mol. The molecule has 1 unspecified atom stereocenters. The van der Waals surface area contributed by atoms with E-state index in [4.69, 9.17) is 11.6 Å². The Morgan fingerprint density at radius 1 is 0.757 bits per heavy atom. The molecule has 2 amide bonds. The molecule has 6 nitrogen and oxygen atoms in total. The first kappa shape index (κ1) is 23.3. The minimum atomic E-state index is -0.858. The average molecular weight is 510 g/mol. The number of para-hydroxylation sites is 1. The van der Waals surface area contributed by atoms with Gasteiger partial charge in [-0.05, 0) is 42.5 Å². The zero-order valence-corrected chi connectivity index (χ0v) is 20.3. The number of hydrogen-bond acceptors (Lipinski definition) is 4. The zero-order chi connectivity index (χ0) is 25.7. The summed E-state index contributed by atoms with van der Waals surface area (Å²) in [5.41, 5.74) is 1.87. The van der Waals surface area contributed by atoms with E-state index in [1.165, 1.54) is 4.90 Å². The lowest BCUT2D eigenvalue weighted by Crippen LogP contribution is -3.15. The van der Waals surface area contributed by atoms with Crippen LogP contribution in [0.2, 0.25) is 5.02 Å². The highest BCUT2D eigenvalue weighted by atomic mass is 35.5. The van der Waals surface area contributed by atoms with Gasteiger partial charge in [-0.25, -0.2) is 4.90 Å². The number of nitrogens with one attached hydrogen (secondary N) is 1. The number of anilines is 1. The fourth-order valence-corrected chi connectivity index (χ4v) is 5.89. The Balaban J connectivity index is 1.43. The quantitative estimate of drug-likeness (QED) is 0.423. The van der Waals surface area contributed by atoms with Gasteiger partial charge in [0.25, 0.3) is 0 Å². The fraction of sp³-hybridized carbons (Fsp3) is 0.133. The lowest BCUT2D eigenvalue weighted by molar-refractivity contribution is -0.871. The third-order valence-electron chi connectivity index (χ3n) is 7.43. The van der Waals surface area contributed by atoms with Gasteiger partial charge < -0.3 is 0 Å². The van der Waals surface area contributed by atoms with Crippen LogP contribution in [0.4, 0.5) is 5.69 Å². The average Bonchev–Trinajstić information content (AvgIpc) is 3.40. The third kappa shape index (κ3) is 3.77. The Bertz CT molecular complexity index is 1480. The molecule has 3 heterocycles. The summed E-state index contributed by atoms with van der Waals surface area (Å²) >= 11 is 6.03. The Morgan fingerprint density at radius 2 is 1.38 bits per heavy atom. The number of Topliss-reactive ketones (excluding diaryl/α,β-unsaturated/α-hetero) is 2. The number of quaternary nitrogens is 1. The summed E-state index contributed by atoms with van der Waals surface area (Å²) in [5.74, 6) is -2.79. The maximum Gasteiger partial charge on any atom is 0.244 e. The first-order valence-electron chi connectivity index (χ1n) is 12.0. The lowest BCUT2D eigenvalue weighted by atomic mass is 9.85. The van der Waals surface area contributed by atoms with Crippen molar-refractivity contribution in [1.82, 2.24) is 0 Å². The highest BCUT2D eigenvalue weighted by Gasteiger charge is 2.67. The van der Waals surface area contributed by atoms with E-state index in [0.717, 1.165) is 0 Å². The van der Waals surface area contributed by atoms with Crippen LogP contribution in [0.1, 0.15) is 20.7 Å². The van der Waals surface area contributed by atoms with E-state index in [2.05, 4.69) is 0 Å². The lowest BCUT2D eigenvalue weighted by Gasteiger charge is -2.28. The number of fused-ring (bicyclic) bond motifs is 3. The van der Waals surface area contributed by atoms with Gasteiger partial charge in [-0.1, -0.05) is 60.1 Å². The van der Waals surface area contributed by atoms with Gasteiger partial charge in [0.15, 0.2) is 11.8 Å². The standard InChI is InChI=1S/C30H21ClN2O4/c31-21-13-11-19(12-14-21)28(35)26-25-24(29(36)33(30(25)37)22-9-5-2-6-10-22)23-17-20(15-16-32(23)26)27(34)18-7-3-1-4-8-18/h1-17,23-26H/p+1/t23-,24-,25-,26+/m0/s1. The number of benzene rings is 3. The number of imide groups is 1. The van der Waals surface area contributed by atoms with Crippen molar-refractivity contribution in [2.24, 2.45) is 11.8 Å². The molecule has 0 aromatic heterocycles. The first-order valence-corrected chi connectivity index (χ1v) is 12.4.